The van der Waals surface area contributed by atoms with Crippen molar-refractivity contribution in [2.45, 2.75) is 44.8 Å². The molecule has 0 radical (unpaired) electrons. The summed E-state index contributed by atoms with van der Waals surface area (Å²) in [7, 11) is 1.62. The topological polar surface area (TPSA) is 95.1 Å². The fourth-order valence-corrected chi connectivity index (χ4v) is 3.08. The Labute approximate surface area is 158 Å². The summed E-state index contributed by atoms with van der Waals surface area (Å²) in [4.78, 5) is 12.1. The maximum absolute atomic E-state index is 12.1. The van der Waals surface area contributed by atoms with Crippen molar-refractivity contribution < 1.29 is 9.53 Å². The highest BCUT2D eigenvalue weighted by Gasteiger charge is 2.15. The van der Waals surface area contributed by atoms with Gasteiger partial charge >= 0.3 is 0 Å². The zero-order chi connectivity index (χ0) is 19.1. The Morgan fingerprint density at radius 3 is 2.54 bits per heavy atom. The van der Waals surface area contributed by atoms with Gasteiger partial charge in [-0.2, -0.15) is 0 Å². The summed E-state index contributed by atoms with van der Waals surface area (Å²) in [5, 5.41) is 11.7. The molecule has 2 rings (SSSR count). The molecule has 0 aliphatic heterocycles. The minimum Gasteiger partial charge on any atom is -0.497 e. The zero-order valence-corrected chi connectivity index (χ0v) is 16.5. The highest BCUT2D eigenvalue weighted by Crippen LogP contribution is 2.23. The van der Waals surface area contributed by atoms with Gasteiger partial charge in [0.1, 0.15) is 5.75 Å². The first-order valence-electron chi connectivity index (χ1n) is 8.67. The van der Waals surface area contributed by atoms with E-state index in [4.69, 9.17) is 10.6 Å². The molecule has 0 fully saturated rings. The number of carbonyl (C=O) groups is 1. The lowest BCUT2D eigenvalue weighted by atomic mass is 10.0. The number of benzene rings is 1. The normalized spacial score (nSPS) is 12.2. The first-order valence-corrected chi connectivity index (χ1v) is 9.66. The van der Waals surface area contributed by atoms with Crippen molar-refractivity contribution in [1.82, 2.24) is 20.2 Å². The van der Waals surface area contributed by atoms with Crippen LogP contribution in [-0.4, -0.2) is 39.7 Å². The minimum absolute atomic E-state index is 0.0275. The third-order valence-electron chi connectivity index (χ3n) is 3.93. The number of carbonyl (C=O) groups excluding carboxylic acids is 1. The van der Waals surface area contributed by atoms with Crippen LogP contribution >= 0.6 is 11.8 Å². The van der Waals surface area contributed by atoms with E-state index in [2.05, 4.69) is 29.4 Å². The number of aromatic nitrogens is 3. The van der Waals surface area contributed by atoms with Crippen LogP contribution in [-0.2, 0) is 4.79 Å². The Bertz CT molecular complexity index is 715. The Kier molecular flexibility index (Phi) is 7.32. The number of amides is 1. The lowest BCUT2D eigenvalue weighted by molar-refractivity contribution is -0.119. The van der Waals surface area contributed by atoms with Crippen LogP contribution in [0.1, 0.15) is 33.6 Å². The standard InChI is InChI=1S/C18H27N5O2S/c1-12(2)5-6-13(3)20-16(24)11-26-18-22-21-17(23(18)19)14-7-9-15(25-4)10-8-14/h7-10,12-13H,5-6,11,19H2,1-4H3,(H,20,24)/t13-/m1/s1. The predicted molar refractivity (Wildman–Crippen MR) is 105 cm³/mol. The van der Waals surface area contributed by atoms with Crippen LogP contribution in [0.3, 0.4) is 0 Å². The number of nitrogens with one attached hydrogen (secondary N) is 1. The molecular formula is C18H27N5O2S. The van der Waals surface area contributed by atoms with Crippen LogP contribution < -0.4 is 15.9 Å². The maximum atomic E-state index is 12.1. The van der Waals surface area contributed by atoms with Crippen LogP contribution in [0.15, 0.2) is 29.4 Å². The number of methoxy groups -OCH3 is 1. The van der Waals surface area contributed by atoms with E-state index in [1.165, 1.54) is 16.4 Å². The molecule has 0 spiro atoms. The van der Waals surface area contributed by atoms with Gasteiger partial charge in [0.2, 0.25) is 11.1 Å². The fourth-order valence-electron chi connectivity index (χ4n) is 2.41. The molecule has 8 heteroatoms. The number of hydrogen-bond acceptors (Lipinski definition) is 6. The minimum atomic E-state index is -0.0275. The Hall–Kier alpha value is -2.22. The molecule has 1 aromatic carbocycles. The summed E-state index contributed by atoms with van der Waals surface area (Å²) in [6.07, 6.45) is 2.07. The molecule has 0 aliphatic rings. The van der Waals surface area contributed by atoms with Crippen LogP contribution in [0.25, 0.3) is 11.4 Å². The van der Waals surface area contributed by atoms with E-state index in [0.29, 0.717) is 16.9 Å². The Morgan fingerprint density at radius 1 is 1.23 bits per heavy atom. The van der Waals surface area contributed by atoms with Crippen molar-refractivity contribution in [1.29, 1.82) is 0 Å². The van der Waals surface area contributed by atoms with E-state index in [0.717, 1.165) is 24.2 Å². The molecule has 1 heterocycles. The molecule has 0 bridgehead atoms. The maximum Gasteiger partial charge on any atom is 0.230 e. The van der Waals surface area contributed by atoms with E-state index in [1.54, 1.807) is 7.11 Å². The van der Waals surface area contributed by atoms with Gasteiger partial charge < -0.3 is 15.9 Å². The summed E-state index contributed by atoms with van der Waals surface area (Å²) < 4.78 is 6.55. The average molecular weight is 378 g/mol. The van der Waals surface area contributed by atoms with Crippen molar-refractivity contribution in [2.75, 3.05) is 18.7 Å². The molecule has 26 heavy (non-hydrogen) atoms. The summed E-state index contributed by atoms with van der Waals surface area (Å²) in [5.41, 5.74) is 0.833. The molecule has 142 valence electrons. The highest BCUT2D eigenvalue weighted by atomic mass is 32.2. The SMILES string of the molecule is COc1ccc(-c2nnc(SCC(=O)N[C@H](C)CCC(C)C)n2N)cc1. The van der Waals surface area contributed by atoms with Crippen molar-refractivity contribution in [3.63, 3.8) is 0 Å². The van der Waals surface area contributed by atoms with Crippen LogP contribution in [0.5, 0.6) is 5.75 Å². The van der Waals surface area contributed by atoms with Crippen LogP contribution in [0, 0.1) is 5.92 Å². The first-order chi connectivity index (χ1) is 12.4. The molecule has 0 saturated carbocycles. The van der Waals surface area contributed by atoms with Gasteiger partial charge in [-0.25, -0.2) is 4.68 Å². The molecule has 3 N–H and O–H groups in total. The second kappa shape index (κ2) is 9.47. The molecule has 0 saturated heterocycles. The quantitative estimate of drug-likeness (QED) is 0.515. The zero-order valence-electron chi connectivity index (χ0n) is 15.7. The van der Waals surface area contributed by atoms with Crippen molar-refractivity contribution in [3.8, 4) is 17.1 Å². The van der Waals surface area contributed by atoms with Gasteiger partial charge in [0.25, 0.3) is 0 Å². The van der Waals surface area contributed by atoms with E-state index in [9.17, 15) is 4.79 Å². The lowest BCUT2D eigenvalue weighted by Gasteiger charge is -2.14. The van der Waals surface area contributed by atoms with Crippen molar-refractivity contribution in [3.05, 3.63) is 24.3 Å². The smallest absolute Gasteiger partial charge is 0.230 e. The number of rotatable bonds is 9. The third kappa shape index (κ3) is 5.66. The van der Waals surface area contributed by atoms with Gasteiger partial charge in [-0.15, -0.1) is 10.2 Å². The molecule has 1 atom stereocenters. The van der Waals surface area contributed by atoms with Gasteiger partial charge in [-0.05, 0) is 49.9 Å². The summed E-state index contributed by atoms with van der Waals surface area (Å²) in [6, 6.07) is 7.57. The summed E-state index contributed by atoms with van der Waals surface area (Å²) >= 11 is 1.27. The molecule has 1 aromatic heterocycles. The number of nitrogens with two attached hydrogens (primary N) is 1. The lowest BCUT2D eigenvalue weighted by Crippen LogP contribution is -2.34. The molecular weight excluding hydrogens is 350 g/mol. The number of thioether (sulfide) groups is 1. The molecule has 1 amide bonds. The molecule has 0 aliphatic carbocycles. The molecule has 0 unspecified atom stereocenters. The predicted octanol–water partition coefficient (Wildman–Crippen LogP) is 2.70. The van der Waals surface area contributed by atoms with Crippen LogP contribution in [0.4, 0.5) is 0 Å². The fraction of sp³-hybridized carbons (Fsp3) is 0.500. The number of nitrogen functional groups attached to an aromatic ring is 1. The average Bonchev–Trinajstić information content (AvgIpc) is 2.99. The van der Waals surface area contributed by atoms with Gasteiger partial charge in [-0.3, -0.25) is 4.79 Å². The third-order valence-corrected chi connectivity index (χ3v) is 4.87. The monoisotopic (exact) mass is 377 g/mol. The second-order valence-electron chi connectivity index (χ2n) is 6.63. The Balaban J connectivity index is 1.90. The largest absolute Gasteiger partial charge is 0.497 e. The van der Waals surface area contributed by atoms with Gasteiger partial charge in [0.05, 0.1) is 12.9 Å². The first kappa shape index (κ1) is 20.1. The van der Waals surface area contributed by atoms with E-state index in [1.807, 2.05) is 31.2 Å². The van der Waals surface area contributed by atoms with Gasteiger partial charge in [-0.1, -0.05) is 25.6 Å². The number of nitrogens with zero attached hydrogens (tertiary/aromatic N) is 3. The highest BCUT2D eigenvalue weighted by molar-refractivity contribution is 7.99. The van der Waals surface area contributed by atoms with Gasteiger partial charge in [0.15, 0.2) is 5.82 Å². The van der Waals surface area contributed by atoms with Crippen molar-refractivity contribution >= 4 is 17.7 Å². The molecule has 7 nitrogen and oxygen atoms in total. The summed E-state index contributed by atoms with van der Waals surface area (Å²) in [5.74, 6) is 8.25. The molecule has 2 aromatic rings. The number of hydrogen-bond donors (Lipinski definition) is 2. The Morgan fingerprint density at radius 2 is 1.92 bits per heavy atom. The number of ether oxygens (including phenoxy) is 1. The summed E-state index contributed by atoms with van der Waals surface area (Å²) in [6.45, 7) is 6.38. The van der Waals surface area contributed by atoms with E-state index < -0.39 is 0 Å². The van der Waals surface area contributed by atoms with Crippen molar-refractivity contribution in [2.24, 2.45) is 5.92 Å². The second-order valence-corrected chi connectivity index (χ2v) is 7.58. The van der Waals surface area contributed by atoms with E-state index >= 15 is 0 Å². The van der Waals surface area contributed by atoms with Gasteiger partial charge in [0, 0.05) is 11.6 Å². The van der Waals surface area contributed by atoms with Crippen LogP contribution in [0.2, 0.25) is 0 Å². The van der Waals surface area contributed by atoms with E-state index in [-0.39, 0.29) is 17.7 Å².